The highest BCUT2D eigenvalue weighted by atomic mass is 16.7. The topological polar surface area (TPSA) is 49.8 Å². The van der Waals surface area contributed by atoms with E-state index in [2.05, 4.69) is 0 Å². The molecule has 1 unspecified atom stereocenters. The largest absolute Gasteiger partial charge is 0.480 e. The Kier molecular flexibility index (Phi) is 2.24. The first-order chi connectivity index (χ1) is 4.75. The molecule has 0 radical (unpaired) electrons. The van der Waals surface area contributed by atoms with Gasteiger partial charge in [0.15, 0.2) is 0 Å². The van der Waals surface area contributed by atoms with E-state index in [1.807, 2.05) is 0 Å². The van der Waals surface area contributed by atoms with Gasteiger partial charge in [-0.2, -0.15) is 5.06 Å². The van der Waals surface area contributed by atoms with E-state index in [1.165, 1.54) is 12.2 Å². The van der Waals surface area contributed by atoms with Crippen LogP contribution in [0.3, 0.4) is 0 Å². The lowest BCUT2D eigenvalue weighted by Gasteiger charge is -2.16. The summed E-state index contributed by atoms with van der Waals surface area (Å²) in [6.07, 6.45) is 1.61. The van der Waals surface area contributed by atoms with E-state index in [-0.39, 0.29) is 0 Å². The molecule has 10 heavy (non-hydrogen) atoms. The van der Waals surface area contributed by atoms with Gasteiger partial charge in [0.25, 0.3) is 0 Å². The minimum atomic E-state index is -0.792. The molecule has 1 saturated heterocycles. The second-order valence-corrected chi connectivity index (χ2v) is 2.32. The predicted octanol–water partition coefficient (Wildman–Crippen LogP) is 0.0968. The summed E-state index contributed by atoms with van der Waals surface area (Å²) in [6, 6.07) is -0.426. The summed E-state index contributed by atoms with van der Waals surface area (Å²) in [5, 5.41) is 10.1. The van der Waals surface area contributed by atoms with Gasteiger partial charge in [0.1, 0.15) is 6.04 Å². The number of rotatable bonds is 2. The Labute approximate surface area is 59.3 Å². The average Bonchev–Trinajstić information content (AvgIpc) is 2.33. The number of hydrogen-bond donors (Lipinski definition) is 1. The van der Waals surface area contributed by atoms with Gasteiger partial charge in [-0.15, -0.1) is 0 Å². The molecule has 1 aliphatic rings. The number of aliphatic carboxylic acids is 1. The summed E-state index contributed by atoms with van der Waals surface area (Å²) in [5.41, 5.74) is 0. The molecule has 4 nitrogen and oxygen atoms in total. The highest BCUT2D eigenvalue weighted by molar-refractivity contribution is 5.73. The fourth-order valence-electron chi connectivity index (χ4n) is 1.21. The second kappa shape index (κ2) is 2.98. The normalized spacial score (nSPS) is 27.1. The maximum atomic E-state index is 10.4. The fraction of sp³-hybridized carbons (Fsp3) is 0.833. The Bertz CT molecular complexity index is 137. The van der Waals surface area contributed by atoms with Crippen molar-refractivity contribution < 1.29 is 14.7 Å². The smallest absolute Gasteiger partial charge is 0.323 e. The molecule has 0 aromatic rings. The van der Waals surface area contributed by atoms with E-state index >= 15 is 0 Å². The molecular formula is C6H11NO3. The summed E-state index contributed by atoms with van der Waals surface area (Å²) in [7, 11) is 1.50. The number of carbonyl (C=O) groups is 1. The van der Waals surface area contributed by atoms with Crippen molar-refractivity contribution in [3.63, 3.8) is 0 Å². The van der Waals surface area contributed by atoms with Crippen LogP contribution in [-0.4, -0.2) is 35.8 Å². The average molecular weight is 145 g/mol. The van der Waals surface area contributed by atoms with Crippen LogP contribution in [0.15, 0.2) is 0 Å². The van der Waals surface area contributed by atoms with Crippen LogP contribution in [0.5, 0.6) is 0 Å². The Balaban J connectivity index is 2.50. The number of nitrogens with zero attached hydrogens (tertiary/aromatic N) is 1. The van der Waals surface area contributed by atoms with Crippen molar-refractivity contribution in [2.75, 3.05) is 13.7 Å². The zero-order valence-corrected chi connectivity index (χ0v) is 5.91. The summed E-state index contributed by atoms with van der Waals surface area (Å²) >= 11 is 0. The summed E-state index contributed by atoms with van der Waals surface area (Å²) < 4.78 is 0. The van der Waals surface area contributed by atoms with Crippen molar-refractivity contribution in [1.29, 1.82) is 0 Å². The third-order valence-corrected chi connectivity index (χ3v) is 1.72. The molecule has 0 aromatic heterocycles. The first-order valence-corrected chi connectivity index (χ1v) is 3.29. The highest BCUT2D eigenvalue weighted by Gasteiger charge is 2.30. The number of carboxylic acid groups (broad SMARTS) is 1. The van der Waals surface area contributed by atoms with Crippen molar-refractivity contribution in [1.82, 2.24) is 5.06 Å². The van der Waals surface area contributed by atoms with Gasteiger partial charge in [0.05, 0.1) is 7.11 Å². The quantitative estimate of drug-likeness (QED) is 0.598. The predicted molar refractivity (Wildman–Crippen MR) is 34.4 cm³/mol. The van der Waals surface area contributed by atoms with E-state index in [0.29, 0.717) is 6.42 Å². The lowest BCUT2D eigenvalue weighted by Crippen LogP contribution is -2.34. The molecule has 0 spiro atoms. The Morgan fingerprint density at radius 2 is 2.50 bits per heavy atom. The zero-order chi connectivity index (χ0) is 7.56. The Morgan fingerprint density at radius 3 is 2.90 bits per heavy atom. The maximum absolute atomic E-state index is 10.4. The lowest BCUT2D eigenvalue weighted by atomic mass is 10.2. The molecule has 0 amide bonds. The van der Waals surface area contributed by atoms with Gasteiger partial charge in [-0.25, -0.2) is 0 Å². The molecule has 1 heterocycles. The van der Waals surface area contributed by atoms with Gasteiger partial charge in [0.2, 0.25) is 0 Å². The standard InChI is InChI=1S/C6H11NO3/c1-10-7-4-2-3-5(7)6(8)9/h5H,2-4H2,1H3,(H,8,9). The van der Waals surface area contributed by atoms with Crippen LogP contribution in [0.1, 0.15) is 12.8 Å². The summed E-state index contributed by atoms with van der Waals surface area (Å²) in [6.45, 7) is 0.730. The Morgan fingerprint density at radius 1 is 1.80 bits per heavy atom. The van der Waals surface area contributed by atoms with E-state index in [1.54, 1.807) is 0 Å². The molecule has 0 aromatic carbocycles. The molecule has 4 heteroatoms. The minimum Gasteiger partial charge on any atom is -0.480 e. The lowest BCUT2D eigenvalue weighted by molar-refractivity contribution is -0.172. The molecule has 0 saturated carbocycles. The van der Waals surface area contributed by atoms with Crippen molar-refractivity contribution in [3.05, 3.63) is 0 Å². The highest BCUT2D eigenvalue weighted by Crippen LogP contribution is 2.16. The molecule has 1 N–H and O–H groups in total. The summed E-state index contributed by atoms with van der Waals surface area (Å²) in [5.74, 6) is -0.792. The molecule has 1 aliphatic heterocycles. The van der Waals surface area contributed by atoms with Crippen LogP contribution >= 0.6 is 0 Å². The van der Waals surface area contributed by atoms with E-state index in [0.717, 1.165) is 13.0 Å². The Hall–Kier alpha value is -0.610. The second-order valence-electron chi connectivity index (χ2n) is 2.32. The zero-order valence-electron chi connectivity index (χ0n) is 5.91. The first-order valence-electron chi connectivity index (χ1n) is 3.29. The van der Waals surface area contributed by atoms with Crippen molar-refractivity contribution in [3.8, 4) is 0 Å². The number of hydroxylamine groups is 2. The molecule has 1 fully saturated rings. The molecule has 0 aliphatic carbocycles. The van der Waals surface area contributed by atoms with Crippen molar-refractivity contribution in [2.24, 2.45) is 0 Å². The van der Waals surface area contributed by atoms with Gasteiger partial charge in [-0.1, -0.05) is 0 Å². The molecule has 1 rings (SSSR count). The summed E-state index contributed by atoms with van der Waals surface area (Å²) in [4.78, 5) is 15.3. The number of hydrogen-bond acceptors (Lipinski definition) is 3. The molecule has 58 valence electrons. The SMILES string of the molecule is CON1CCCC1C(=O)O. The fourth-order valence-corrected chi connectivity index (χ4v) is 1.21. The van der Waals surface area contributed by atoms with Gasteiger partial charge in [0, 0.05) is 6.54 Å². The first kappa shape index (κ1) is 7.50. The van der Waals surface area contributed by atoms with E-state index < -0.39 is 12.0 Å². The maximum Gasteiger partial charge on any atom is 0.323 e. The third-order valence-electron chi connectivity index (χ3n) is 1.72. The van der Waals surface area contributed by atoms with Crippen LogP contribution in [0, 0.1) is 0 Å². The molecule has 1 atom stereocenters. The molecule has 0 bridgehead atoms. The number of carboxylic acids is 1. The third kappa shape index (κ3) is 1.27. The van der Waals surface area contributed by atoms with E-state index in [9.17, 15) is 4.79 Å². The van der Waals surface area contributed by atoms with Crippen LogP contribution in [0.4, 0.5) is 0 Å². The minimum absolute atomic E-state index is 0.426. The van der Waals surface area contributed by atoms with Gasteiger partial charge in [-0.05, 0) is 12.8 Å². The van der Waals surface area contributed by atoms with Crippen LogP contribution in [0.25, 0.3) is 0 Å². The van der Waals surface area contributed by atoms with Crippen molar-refractivity contribution in [2.45, 2.75) is 18.9 Å². The molecular weight excluding hydrogens is 134 g/mol. The van der Waals surface area contributed by atoms with Gasteiger partial charge < -0.3 is 9.94 Å². The van der Waals surface area contributed by atoms with Gasteiger partial charge in [-0.3, -0.25) is 4.79 Å². The van der Waals surface area contributed by atoms with E-state index in [4.69, 9.17) is 9.94 Å². The van der Waals surface area contributed by atoms with Crippen LogP contribution < -0.4 is 0 Å². The van der Waals surface area contributed by atoms with Crippen molar-refractivity contribution >= 4 is 5.97 Å². The van der Waals surface area contributed by atoms with Gasteiger partial charge >= 0.3 is 5.97 Å². The van der Waals surface area contributed by atoms with Crippen LogP contribution in [-0.2, 0) is 9.63 Å². The monoisotopic (exact) mass is 145 g/mol. The van der Waals surface area contributed by atoms with Crippen LogP contribution in [0.2, 0.25) is 0 Å².